The Hall–Kier alpha value is -1.92. The van der Waals surface area contributed by atoms with Gasteiger partial charge in [-0.1, -0.05) is 32.0 Å². The van der Waals surface area contributed by atoms with Crippen LogP contribution in [0.4, 0.5) is 5.69 Å². The Morgan fingerprint density at radius 1 is 1.23 bits per heavy atom. The summed E-state index contributed by atoms with van der Waals surface area (Å²) >= 11 is 8.73. The van der Waals surface area contributed by atoms with Gasteiger partial charge in [0.2, 0.25) is 0 Å². The van der Waals surface area contributed by atoms with Gasteiger partial charge in [0, 0.05) is 11.3 Å². The van der Waals surface area contributed by atoms with Gasteiger partial charge >= 0.3 is 0 Å². The number of thiocarbonyl (C=S) groups is 1. The van der Waals surface area contributed by atoms with E-state index in [0.29, 0.717) is 23.8 Å². The third kappa shape index (κ3) is 5.29. The molecule has 1 amide bonds. The van der Waals surface area contributed by atoms with Crippen LogP contribution in [0.15, 0.2) is 46.9 Å². The van der Waals surface area contributed by atoms with Crippen LogP contribution >= 0.6 is 28.1 Å². The van der Waals surface area contributed by atoms with Crippen molar-refractivity contribution >= 4 is 44.9 Å². The summed E-state index contributed by atoms with van der Waals surface area (Å²) in [5.41, 5.74) is 2.59. The van der Waals surface area contributed by atoms with Crippen molar-refractivity contribution in [3.63, 3.8) is 0 Å². The molecule has 0 unspecified atom stereocenters. The summed E-state index contributed by atoms with van der Waals surface area (Å²) in [6.45, 7) is 6.78. The van der Waals surface area contributed by atoms with Gasteiger partial charge in [0.05, 0.1) is 11.1 Å². The molecule has 2 rings (SSSR count). The number of para-hydroxylation sites is 1. The van der Waals surface area contributed by atoms with E-state index in [1.54, 1.807) is 18.2 Å². The number of hydrogen-bond acceptors (Lipinski definition) is 3. The number of anilines is 1. The van der Waals surface area contributed by atoms with Crippen LogP contribution in [0.1, 0.15) is 49.0 Å². The van der Waals surface area contributed by atoms with Gasteiger partial charge in [-0.15, -0.1) is 0 Å². The molecular formula is C20H23BrN2O2S. The molecule has 4 nitrogen and oxygen atoms in total. The Morgan fingerprint density at radius 2 is 1.96 bits per heavy atom. The minimum absolute atomic E-state index is 0.271. The molecule has 0 saturated heterocycles. The molecule has 0 bridgehead atoms. The van der Waals surface area contributed by atoms with Gasteiger partial charge in [-0.3, -0.25) is 10.1 Å². The molecule has 0 fully saturated rings. The first-order chi connectivity index (χ1) is 12.5. The lowest BCUT2D eigenvalue weighted by Crippen LogP contribution is -2.34. The molecule has 0 radical (unpaired) electrons. The van der Waals surface area contributed by atoms with Crippen LogP contribution in [-0.4, -0.2) is 17.6 Å². The molecule has 138 valence electrons. The summed E-state index contributed by atoms with van der Waals surface area (Å²) in [6.07, 6.45) is 1.03. The molecule has 0 saturated carbocycles. The van der Waals surface area contributed by atoms with Crippen molar-refractivity contribution in [3.8, 4) is 5.75 Å². The second kappa shape index (κ2) is 9.69. The molecule has 0 heterocycles. The number of rotatable bonds is 6. The van der Waals surface area contributed by atoms with E-state index in [0.717, 1.165) is 16.6 Å². The van der Waals surface area contributed by atoms with E-state index >= 15 is 0 Å². The van der Waals surface area contributed by atoms with E-state index in [-0.39, 0.29) is 11.0 Å². The first-order valence-electron chi connectivity index (χ1n) is 8.59. The average molecular weight is 435 g/mol. The van der Waals surface area contributed by atoms with Crippen molar-refractivity contribution < 1.29 is 9.53 Å². The standard InChI is InChI=1S/C20H23BrN2O2S/c1-4-13(3)15-8-6-7-9-17(15)22-20(26)23-19(24)14-10-11-18(25-5-2)16(21)12-14/h6-13H,4-5H2,1-3H3,(H2,22,23,24,26)/t13-/m1/s1. The van der Waals surface area contributed by atoms with E-state index in [1.807, 2.05) is 25.1 Å². The average Bonchev–Trinajstić information content (AvgIpc) is 2.63. The molecule has 0 aromatic heterocycles. The maximum Gasteiger partial charge on any atom is 0.257 e. The Bertz CT molecular complexity index is 795. The molecule has 0 aliphatic carbocycles. The molecule has 6 heteroatoms. The third-order valence-corrected chi connectivity index (χ3v) is 4.90. The van der Waals surface area contributed by atoms with Crippen LogP contribution in [0, 0.1) is 0 Å². The molecule has 0 spiro atoms. The molecule has 2 aromatic rings. The van der Waals surface area contributed by atoms with Crippen LogP contribution in [0.25, 0.3) is 0 Å². The summed E-state index contributed by atoms with van der Waals surface area (Å²) in [5.74, 6) is 0.832. The summed E-state index contributed by atoms with van der Waals surface area (Å²) in [7, 11) is 0. The number of halogens is 1. The highest BCUT2D eigenvalue weighted by Gasteiger charge is 2.13. The Morgan fingerprint density at radius 3 is 2.62 bits per heavy atom. The highest BCUT2D eigenvalue weighted by molar-refractivity contribution is 9.10. The number of carbonyl (C=O) groups is 1. The minimum atomic E-state index is -0.271. The fraction of sp³-hybridized carbons (Fsp3) is 0.300. The van der Waals surface area contributed by atoms with E-state index in [2.05, 4.69) is 46.5 Å². The van der Waals surface area contributed by atoms with Crippen molar-refractivity contribution in [1.82, 2.24) is 5.32 Å². The second-order valence-electron chi connectivity index (χ2n) is 5.88. The van der Waals surface area contributed by atoms with Crippen molar-refractivity contribution in [2.24, 2.45) is 0 Å². The maximum atomic E-state index is 12.4. The number of nitrogens with one attached hydrogen (secondary N) is 2. The van der Waals surface area contributed by atoms with Gasteiger partial charge in [0.15, 0.2) is 5.11 Å². The van der Waals surface area contributed by atoms with Gasteiger partial charge in [-0.05, 0) is 77.2 Å². The summed E-state index contributed by atoms with van der Waals surface area (Å²) < 4.78 is 6.19. The van der Waals surface area contributed by atoms with Gasteiger partial charge in [-0.2, -0.15) is 0 Å². The first-order valence-corrected chi connectivity index (χ1v) is 9.80. The Kier molecular flexibility index (Phi) is 7.60. The first kappa shape index (κ1) is 20.4. The molecule has 0 aliphatic rings. The van der Waals surface area contributed by atoms with Crippen molar-refractivity contribution in [3.05, 3.63) is 58.1 Å². The van der Waals surface area contributed by atoms with Gasteiger partial charge in [0.25, 0.3) is 5.91 Å². The zero-order valence-electron chi connectivity index (χ0n) is 15.1. The second-order valence-corrected chi connectivity index (χ2v) is 7.15. The fourth-order valence-electron chi connectivity index (χ4n) is 2.50. The third-order valence-electron chi connectivity index (χ3n) is 4.07. The van der Waals surface area contributed by atoms with E-state index < -0.39 is 0 Å². The summed E-state index contributed by atoms with van der Waals surface area (Å²) in [5, 5.41) is 6.14. The quantitative estimate of drug-likeness (QED) is 0.590. The van der Waals surface area contributed by atoms with Crippen LogP contribution in [0.2, 0.25) is 0 Å². The van der Waals surface area contributed by atoms with Crippen LogP contribution in [0.3, 0.4) is 0 Å². The largest absolute Gasteiger partial charge is 0.493 e. The Balaban J connectivity index is 2.06. The maximum absolute atomic E-state index is 12.4. The normalized spacial score (nSPS) is 11.5. The molecular weight excluding hydrogens is 412 g/mol. The van der Waals surface area contributed by atoms with Gasteiger partial charge in [0.1, 0.15) is 5.75 Å². The lowest BCUT2D eigenvalue weighted by molar-refractivity contribution is 0.0977. The lowest BCUT2D eigenvalue weighted by Gasteiger charge is -2.17. The summed E-state index contributed by atoms with van der Waals surface area (Å²) in [6, 6.07) is 13.2. The number of ether oxygens (including phenoxy) is 1. The lowest BCUT2D eigenvalue weighted by atomic mass is 9.97. The number of hydrogen-bond donors (Lipinski definition) is 2. The van der Waals surface area contributed by atoms with Gasteiger partial charge in [-0.25, -0.2) is 0 Å². The van der Waals surface area contributed by atoms with Gasteiger partial charge < -0.3 is 10.1 Å². The van der Waals surface area contributed by atoms with Crippen molar-refractivity contribution in [2.45, 2.75) is 33.1 Å². The van der Waals surface area contributed by atoms with E-state index in [1.165, 1.54) is 5.56 Å². The Labute approximate surface area is 168 Å². The van der Waals surface area contributed by atoms with Crippen molar-refractivity contribution in [1.29, 1.82) is 0 Å². The van der Waals surface area contributed by atoms with Crippen LogP contribution < -0.4 is 15.4 Å². The topological polar surface area (TPSA) is 50.4 Å². The molecule has 2 N–H and O–H groups in total. The zero-order valence-corrected chi connectivity index (χ0v) is 17.5. The monoisotopic (exact) mass is 434 g/mol. The van der Waals surface area contributed by atoms with Crippen LogP contribution in [-0.2, 0) is 0 Å². The molecule has 0 aliphatic heterocycles. The fourth-order valence-corrected chi connectivity index (χ4v) is 3.20. The molecule has 1 atom stereocenters. The predicted molar refractivity (Wildman–Crippen MR) is 114 cm³/mol. The predicted octanol–water partition coefficient (Wildman–Crippen LogP) is 5.49. The minimum Gasteiger partial charge on any atom is -0.493 e. The number of amides is 1. The SMILES string of the molecule is CCOc1ccc(C(=O)NC(=S)Nc2ccccc2[C@H](C)CC)cc1Br. The van der Waals surface area contributed by atoms with E-state index in [9.17, 15) is 4.79 Å². The smallest absolute Gasteiger partial charge is 0.257 e. The van der Waals surface area contributed by atoms with Crippen LogP contribution in [0.5, 0.6) is 5.75 Å². The van der Waals surface area contributed by atoms with E-state index in [4.69, 9.17) is 17.0 Å². The zero-order chi connectivity index (χ0) is 19.1. The number of carbonyl (C=O) groups excluding carboxylic acids is 1. The van der Waals surface area contributed by atoms with Crippen molar-refractivity contribution in [2.75, 3.05) is 11.9 Å². The molecule has 2 aromatic carbocycles. The number of benzene rings is 2. The molecule has 26 heavy (non-hydrogen) atoms. The highest BCUT2D eigenvalue weighted by Crippen LogP contribution is 2.27. The highest BCUT2D eigenvalue weighted by atomic mass is 79.9. The summed E-state index contributed by atoms with van der Waals surface area (Å²) in [4.78, 5) is 12.4.